The van der Waals surface area contributed by atoms with Crippen LogP contribution in [-0.4, -0.2) is 25.6 Å². The van der Waals surface area contributed by atoms with Crippen molar-refractivity contribution in [2.24, 2.45) is 0 Å². The van der Waals surface area contributed by atoms with Crippen molar-refractivity contribution in [1.29, 1.82) is 0 Å². The molecule has 0 radical (unpaired) electrons. The average molecular weight is 335 g/mol. The monoisotopic (exact) mass is 334 g/mol. The van der Waals surface area contributed by atoms with Crippen molar-refractivity contribution < 1.29 is 0 Å². The fourth-order valence-electron chi connectivity index (χ4n) is 2.08. The van der Waals surface area contributed by atoms with Crippen molar-refractivity contribution in [1.82, 2.24) is 19.7 Å². The Hall–Kier alpha value is -2.11. The van der Waals surface area contributed by atoms with Crippen molar-refractivity contribution in [2.75, 3.05) is 5.88 Å². The van der Waals surface area contributed by atoms with Crippen LogP contribution in [0.1, 0.15) is 11.4 Å². The molecule has 3 aromatic rings. The van der Waals surface area contributed by atoms with E-state index in [0.717, 1.165) is 5.56 Å². The quantitative estimate of drug-likeness (QED) is 0.745. The summed E-state index contributed by atoms with van der Waals surface area (Å²) in [6.07, 6.45) is 5.20. The molecule has 22 heavy (non-hydrogen) atoms. The van der Waals surface area contributed by atoms with Crippen molar-refractivity contribution in [3.05, 3.63) is 58.4 Å². The molecular formula is C15H12Cl2N4O. The van der Waals surface area contributed by atoms with Gasteiger partial charge in [0.15, 0.2) is 5.82 Å². The Morgan fingerprint density at radius 2 is 2.18 bits per heavy atom. The van der Waals surface area contributed by atoms with E-state index in [1.54, 1.807) is 35.2 Å². The van der Waals surface area contributed by atoms with Gasteiger partial charge in [0.05, 0.1) is 28.7 Å². The predicted octanol–water partition coefficient (Wildman–Crippen LogP) is 3.10. The molecule has 3 rings (SSSR count). The lowest BCUT2D eigenvalue weighted by molar-refractivity contribution is 0.664. The van der Waals surface area contributed by atoms with Gasteiger partial charge in [0.2, 0.25) is 0 Å². The van der Waals surface area contributed by atoms with Gasteiger partial charge in [-0.25, -0.2) is 4.98 Å². The normalized spacial score (nSPS) is 12.0. The zero-order chi connectivity index (χ0) is 15.5. The molecule has 0 aliphatic rings. The highest BCUT2D eigenvalue weighted by atomic mass is 35.5. The molecule has 0 amide bonds. The van der Waals surface area contributed by atoms with Gasteiger partial charge in [-0.1, -0.05) is 23.7 Å². The number of fused-ring (bicyclic) bond motifs is 1. The smallest absolute Gasteiger partial charge is 0.259 e. The average Bonchev–Trinajstić information content (AvgIpc) is 2.95. The molecule has 0 fully saturated rings. The molecule has 1 aromatic carbocycles. The summed E-state index contributed by atoms with van der Waals surface area (Å²) >= 11 is 11.9. The number of rotatable bonds is 4. The number of para-hydroxylation sites is 1. The van der Waals surface area contributed by atoms with E-state index < -0.39 is 0 Å². The van der Waals surface area contributed by atoms with Crippen LogP contribution in [0, 0.1) is 0 Å². The molecule has 7 heteroatoms. The van der Waals surface area contributed by atoms with Gasteiger partial charge in [-0.2, -0.15) is 5.10 Å². The maximum absolute atomic E-state index is 12.0. The molecule has 0 unspecified atom stereocenters. The summed E-state index contributed by atoms with van der Waals surface area (Å²) in [5, 5.41) is 5.03. The number of aryl methyl sites for hydroxylation is 1. The maximum Gasteiger partial charge on any atom is 0.259 e. The number of hydrogen-bond acceptors (Lipinski definition) is 3. The second-order valence-corrected chi connectivity index (χ2v) is 5.43. The Kier molecular flexibility index (Phi) is 4.27. The minimum absolute atomic E-state index is 0.218. The first kappa shape index (κ1) is 14.8. The van der Waals surface area contributed by atoms with Crippen molar-refractivity contribution >= 4 is 45.2 Å². The van der Waals surface area contributed by atoms with Crippen molar-refractivity contribution in [3.63, 3.8) is 0 Å². The SMILES string of the molecule is O=c1[nH]c(/C(Cl)=C\c2cnn(CCCl)c2)nc2ccccc12. The van der Waals surface area contributed by atoms with Crippen molar-refractivity contribution in [3.8, 4) is 0 Å². The zero-order valence-electron chi connectivity index (χ0n) is 11.5. The van der Waals surface area contributed by atoms with E-state index in [1.165, 1.54) is 0 Å². The first-order valence-electron chi connectivity index (χ1n) is 6.62. The van der Waals surface area contributed by atoms with Crippen molar-refractivity contribution in [2.45, 2.75) is 6.54 Å². The number of hydrogen-bond donors (Lipinski definition) is 1. The number of aromatic amines is 1. The van der Waals surface area contributed by atoms with Gasteiger partial charge < -0.3 is 4.98 Å². The Bertz CT molecular complexity index is 898. The van der Waals surface area contributed by atoms with Crippen LogP contribution in [-0.2, 0) is 6.54 Å². The fraction of sp³-hybridized carbons (Fsp3) is 0.133. The summed E-state index contributed by atoms with van der Waals surface area (Å²) in [5.41, 5.74) is 1.20. The molecule has 0 aliphatic heterocycles. The Morgan fingerprint density at radius 3 is 3.00 bits per heavy atom. The minimum atomic E-state index is -0.218. The van der Waals surface area contributed by atoms with Gasteiger partial charge in [-0.15, -0.1) is 11.6 Å². The lowest BCUT2D eigenvalue weighted by Gasteiger charge is -2.01. The lowest BCUT2D eigenvalue weighted by atomic mass is 10.2. The summed E-state index contributed by atoms with van der Waals surface area (Å²) in [6.45, 7) is 0.623. The topological polar surface area (TPSA) is 63.6 Å². The van der Waals surface area contributed by atoms with Crippen LogP contribution in [0.4, 0.5) is 0 Å². The number of nitrogens with one attached hydrogen (secondary N) is 1. The number of H-pyrrole nitrogens is 1. The molecule has 0 bridgehead atoms. The molecule has 0 spiro atoms. The first-order chi connectivity index (χ1) is 10.7. The van der Waals surface area contributed by atoms with E-state index in [2.05, 4.69) is 15.1 Å². The number of aromatic nitrogens is 4. The molecule has 5 nitrogen and oxygen atoms in total. The Labute approximate surface area is 136 Å². The third-order valence-corrected chi connectivity index (χ3v) is 3.56. The lowest BCUT2D eigenvalue weighted by Crippen LogP contribution is -2.10. The Balaban J connectivity index is 1.98. The predicted molar refractivity (Wildman–Crippen MR) is 89.0 cm³/mol. The van der Waals surface area contributed by atoms with E-state index in [1.807, 2.05) is 12.3 Å². The standard InChI is InChI=1S/C15H12Cl2N4O/c16-5-6-21-9-10(8-18-21)7-12(17)14-19-13-4-2-1-3-11(13)15(22)20-14/h1-4,7-9H,5-6H2,(H,19,20,22)/b12-7+. The maximum atomic E-state index is 12.0. The number of alkyl halides is 1. The van der Waals surface area contributed by atoms with Crippen LogP contribution in [0.3, 0.4) is 0 Å². The summed E-state index contributed by atoms with van der Waals surface area (Å²) < 4.78 is 1.72. The molecule has 2 aromatic heterocycles. The molecule has 1 N–H and O–H groups in total. The van der Waals surface area contributed by atoms with Crippen LogP contribution < -0.4 is 5.56 Å². The van der Waals surface area contributed by atoms with Crippen LogP contribution in [0.25, 0.3) is 22.0 Å². The highest BCUT2D eigenvalue weighted by molar-refractivity contribution is 6.50. The second kappa shape index (κ2) is 6.34. The largest absolute Gasteiger partial charge is 0.305 e. The fourth-order valence-corrected chi connectivity index (χ4v) is 2.47. The third-order valence-electron chi connectivity index (χ3n) is 3.10. The van der Waals surface area contributed by atoms with Gasteiger partial charge in [-0.05, 0) is 18.2 Å². The van der Waals surface area contributed by atoms with E-state index in [9.17, 15) is 4.79 Å². The summed E-state index contributed by atoms with van der Waals surface area (Å²) in [7, 11) is 0. The third kappa shape index (κ3) is 3.05. The second-order valence-electron chi connectivity index (χ2n) is 4.65. The zero-order valence-corrected chi connectivity index (χ0v) is 13.0. The summed E-state index contributed by atoms with van der Waals surface area (Å²) in [4.78, 5) is 19.1. The van der Waals surface area contributed by atoms with E-state index in [4.69, 9.17) is 23.2 Å². The minimum Gasteiger partial charge on any atom is -0.305 e. The van der Waals surface area contributed by atoms with Gasteiger partial charge in [0, 0.05) is 17.6 Å². The van der Waals surface area contributed by atoms with Gasteiger partial charge >= 0.3 is 0 Å². The van der Waals surface area contributed by atoms with Crippen LogP contribution in [0.5, 0.6) is 0 Å². The highest BCUT2D eigenvalue weighted by Gasteiger charge is 2.07. The van der Waals surface area contributed by atoms with Crippen LogP contribution >= 0.6 is 23.2 Å². The number of benzene rings is 1. The van der Waals surface area contributed by atoms with E-state index >= 15 is 0 Å². The molecule has 0 saturated carbocycles. The highest BCUT2D eigenvalue weighted by Crippen LogP contribution is 2.19. The molecule has 0 saturated heterocycles. The van der Waals surface area contributed by atoms with E-state index in [-0.39, 0.29) is 5.56 Å². The van der Waals surface area contributed by atoms with Gasteiger partial charge in [0.25, 0.3) is 5.56 Å². The van der Waals surface area contributed by atoms with E-state index in [0.29, 0.717) is 34.2 Å². The molecule has 112 valence electrons. The number of nitrogens with zero attached hydrogens (tertiary/aromatic N) is 3. The molecule has 0 atom stereocenters. The Morgan fingerprint density at radius 1 is 1.36 bits per heavy atom. The molecule has 2 heterocycles. The first-order valence-corrected chi connectivity index (χ1v) is 7.53. The number of halogens is 2. The van der Waals surface area contributed by atoms with Crippen LogP contribution in [0.15, 0.2) is 41.5 Å². The summed E-state index contributed by atoms with van der Waals surface area (Å²) in [6, 6.07) is 7.11. The summed E-state index contributed by atoms with van der Waals surface area (Å²) in [5.74, 6) is 0.813. The van der Waals surface area contributed by atoms with Crippen LogP contribution in [0.2, 0.25) is 0 Å². The van der Waals surface area contributed by atoms with Gasteiger partial charge in [0.1, 0.15) is 0 Å². The molecular weight excluding hydrogens is 323 g/mol. The molecule has 0 aliphatic carbocycles. The van der Waals surface area contributed by atoms with Gasteiger partial charge in [-0.3, -0.25) is 9.48 Å².